The van der Waals surface area contributed by atoms with Gasteiger partial charge in [-0.15, -0.1) is 0 Å². The maximum atomic E-state index is 12.2. The molecule has 0 aliphatic carbocycles. The lowest BCUT2D eigenvalue weighted by molar-refractivity contribution is 0.0596. The first-order valence-electron chi connectivity index (χ1n) is 6.82. The number of piperidine rings is 1. The lowest BCUT2D eigenvalue weighted by Gasteiger charge is -2.38. The van der Waals surface area contributed by atoms with Crippen LogP contribution in [0.25, 0.3) is 0 Å². The molecule has 4 heteroatoms. The van der Waals surface area contributed by atoms with Gasteiger partial charge in [0.1, 0.15) is 0 Å². The Morgan fingerprint density at radius 1 is 1.56 bits per heavy atom. The molecular weight excluding hydrogens is 228 g/mol. The minimum Gasteiger partial charge on any atom is -0.459 e. The lowest BCUT2D eigenvalue weighted by Crippen LogP contribution is -2.50. The minimum atomic E-state index is 0.0217. The third-order valence-electron chi connectivity index (χ3n) is 3.74. The average molecular weight is 250 g/mol. The maximum absolute atomic E-state index is 12.2. The van der Waals surface area contributed by atoms with Crippen LogP contribution in [0.5, 0.6) is 0 Å². The Morgan fingerprint density at radius 3 is 3.00 bits per heavy atom. The maximum Gasteiger partial charge on any atom is 0.289 e. The van der Waals surface area contributed by atoms with Crippen LogP contribution in [0, 0.1) is 5.92 Å². The van der Waals surface area contributed by atoms with Crippen molar-refractivity contribution < 1.29 is 9.21 Å². The number of amides is 1. The largest absolute Gasteiger partial charge is 0.459 e. The Morgan fingerprint density at radius 2 is 2.39 bits per heavy atom. The van der Waals surface area contributed by atoms with Crippen LogP contribution in [-0.4, -0.2) is 36.5 Å². The van der Waals surface area contributed by atoms with Gasteiger partial charge in [0.15, 0.2) is 5.76 Å². The molecule has 0 radical (unpaired) electrons. The van der Waals surface area contributed by atoms with E-state index in [1.165, 1.54) is 0 Å². The van der Waals surface area contributed by atoms with Crippen LogP contribution >= 0.6 is 0 Å². The van der Waals surface area contributed by atoms with Gasteiger partial charge < -0.3 is 14.6 Å². The molecule has 2 unspecified atom stereocenters. The predicted octanol–water partition coefficient (Wildman–Crippen LogP) is 2.13. The fraction of sp³-hybridized carbons (Fsp3) is 0.643. The molecule has 0 aromatic carbocycles. The second-order valence-electron chi connectivity index (χ2n) is 4.85. The van der Waals surface area contributed by atoms with Crippen LogP contribution in [0.3, 0.4) is 0 Å². The molecule has 18 heavy (non-hydrogen) atoms. The first kappa shape index (κ1) is 13.1. The summed E-state index contributed by atoms with van der Waals surface area (Å²) in [6, 6.07) is 4.04. The van der Waals surface area contributed by atoms with E-state index in [1.54, 1.807) is 18.4 Å². The van der Waals surface area contributed by atoms with Gasteiger partial charge in [0.25, 0.3) is 5.91 Å². The SMILES string of the molecule is CCNC1CCN(C(=O)c2ccco2)CC1CC. The Labute approximate surface area is 108 Å². The predicted molar refractivity (Wildman–Crippen MR) is 70.5 cm³/mol. The summed E-state index contributed by atoms with van der Waals surface area (Å²) in [5, 5.41) is 3.52. The van der Waals surface area contributed by atoms with E-state index in [4.69, 9.17) is 4.42 Å². The summed E-state index contributed by atoms with van der Waals surface area (Å²) in [6.07, 6.45) is 3.67. The highest BCUT2D eigenvalue weighted by molar-refractivity contribution is 5.91. The van der Waals surface area contributed by atoms with Gasteiger partial charge in [-0.2, -0.15) is 0 Å². The Hall–Kier alpha value is -1.29. The summed E-state index contributed by atoms with van der Waals surface area (Å²) in [5.74, 6) is 1.01. The first-order valence-corrected chi connectivity index (χ1v) is 6.82. The van der Waals surface area contributed by atoms with E-state index in [2.05, 4.69) is 19.2 Å². The highest BCUT2D eigenvalue weighted by Gasteiger charge is 2.30. The number of carbonyl (C=O) groups excluding carboxylic acids is 1. The molecule has 1 aliphatic heterocycles. The Bertz CT molecular complexity index is 375. The summed E-state index contributed by atoms with van der Waals surface area (Å²) >= 11 is 0. The van der Waals surface area contributed by atoms with E-state index in [0.29, 0.717) is 17.7 Å². The molecule has 1 saturated heterocycles. The third kappa shape index (κ3) is 2.75. The normalized spacial score (nSPS) is 24.2. The van der Waals surface area contributed by atoms with Crippen molar-refractivity contribution in [1.82, 2.24) is 10.2 Å². The summed E-state index contributed by atoms with van der Waals surface area (Å²) in [6.45, 7) is 6.96. The lowest BCUT2D eigenvalue weighted by atomic mass is 9.89. The molecule has 2 rings (SSSR count). The highest BCUT2D eigenvalue weighted by atomic mass is 16.3. The molecule has 1 amide bonds. The van der Waals surface area contributed by atoms with Crippen molar-refractivity contribution in [2.24, 2.45) is 5.92 Å². The standard InChI is InChI=1S/C14H22N2O2/c1-3-11-10-16(8-7-12(11)15-4-2)14(17)13-6-5-9-18-13/h5-6,9,11-12,15H,3-4,7-8,10H2,1-2H3. The second-order valence-corrected chi connectivity index (χ2v) is 4.85. The second kappa shape index (κ2) is 6.05. The monoisotopic (exact) mass is 250 g/mol. The fourth-order valence-electron chi connectivity index (χ4n) is 2.72. The van der Waals surface area contributed by atoms with Crippen molar-refractivity contribution in [2.45, 2.75) is 32.7 Å². The fourth-order valence-corrected chi connectivity index (χ4v) is 2.72. The third-order valence-corrected chi connectivity index (χ3v) is 3.74. The first-order chi connectivity index (χ1) is 8.76. The zero-order chi connectivity index (χ0) is 13.0. The molecule has 1 aromatic rings. The van der Waals surface area contributed by atoms with Crippen molar-refractivity contribution >= 4 is 5.91 Å². The summed E-state index contributed by atoms with van der Waals surface area (Å²) < 4.78 is 5.18. The topological polar surface area (TPSA) is 45.5 Å². The van der Waals surface area contributed by atoms with E-state index in [9.17, 15) is 4.79 Å². The van der Waals surface area contributed by atoms with Gasteiger partial charge in [-0.05, 0) is 31.0 Å². The van der Waals surface area contributed by atoms with Crippen molar-refractivity contribution in [3.05, 3.63) is 24.2 Å². The van der Waals surface area contributed by atoms with Gasteiger partial charge in [0.05, 0.1) is 6.26 Å². The van der Waals surface area contributed by atoms with Crippen LogP contribution < -0.4 is 5.32 Å². The molecule has 2 atom stereocenters. The molecule has 1 aliphatic rings. The number of likely N-dealkylation sites (tertiary alicyclic amines) is 1. The van der Waals surface area contributed by atoms with Gasteiger partial charge in [0, 0.05) is 19.1 Å². The number of furan rings is 1. The van der Waals surface area contributed by atoms with Gasteiger partial charge in [-0.25, -0.2) is 0 Å². The molecule has 4 nitrogen and oxygen atoms in total. The van der Waals surface area contributed by atoms with Gasteiger partial charge in [-0.3, -0.25) is 4.79 Å². The molecule has 100 valence electrons. The van der Waals surface area contributed by atoms with Crippen LogP contribution in [0.15, 0.2) is 22.8 Å². The molecule has 0 spiro atoms. The molecule has 0 saturated carbocycles. The van der Waals surface area contributed by atoms with Gasteiger partial charge in [-0.1, -0.05) is 20.3 Å². The number of carbonyl (C=O) groups is 1. The van der Waals surface area contributed by atoms with Crippen LogP contribution in [0.4, 0.5) is 0 Å². The number of nitrogens with one attached hydrogen (secondary N) is 1. The van der Waals surface area contributed by atoms with Gasteiger partial charge >= 0.3 is 0 Å². The number of rotatable bonds is 4. The quantitative estimate of drug-likeness (QED) is 0.890. The minimum absolute atomic E-state index is 0.0217. The van der Waals surface area contributed by atoms with Crippen molar-refractivity contribution in [1.29, 1.82) is 0 Å². The number of hydrogen-bond donors (Lipinski definition) is 1. The smallest absolute Gasteiger partial charge is 0.289 e. The molecule has 2 heterocycles. The Balaban J connectivity index is 1.99. The van der Waals surface area contributed by atoms with E-state index < -0.39 is 0 Å². The summed E-state index contributed by atoms with van der Waals surface area (Å²) in [7, 11) is 0. The number of hydrogen-bond acceptors (Lipinski definition) is 3. The zero-order valence-corrected chi connectivity index (χ0v) is 11.2. The Kier molecular flexibility index (Phi) is 4.42. The van der Waals surface area contributed by atoms with E-state index >= 15 is 0 Å². The molecule has 1 aromatic heterocycles. The van der Waals surface area contributed by atoms with Crippen molar-refractivity contribution in [2.75, 3.05) is 19.6 Å². The number of nitrogens with zero attached hydrogens (tertiary/aromatic N) is 1. The van der Waals surface area contributed by atoms with Crippen molar-refractivity contribution in [3.8, 4) is 0 Å². The van der Waals surface area contributed by atoms with E-state index in [-0.39, 0.29) is 5.91 Å². The highest BCUT2D eigenvalue weighted by Crippen LogP contribution is 2.21. The zero-order valence-electron chi connectivity index (χ0n) is 11.2. The van der Waals surface area contributed by atoms with Crippen LogP contribution in [0.2, 0.25) is 0 Å². The molecule has 1 N–H and O–H groups in total. The van der Waals surface area contributed by atoms with E-state index in [1.807, 2.05) is 4.90 Å². The molecule has 0 bridgehead atoms. The van der Waals surface area contributed by atoms with Crippen LogP contribution in [0.1, 0.15) is 37.2 Å². The van der Waals surface area contributed by atoms with Gasteiger partial charge in [0.2, 0.25) is 0 Å². The molecular formula is C14H22N2O2. The molecule has 1 fully saturated rings. The average Bonchev–Trinajstić information content (AvgIpc) is 2.92. The van der Waals surface area contributed by atoms with E-state index in [0.717, 1.165) is 32.5 Å². The van der Waals surface area contributed by atoms with Crippen molar-refractivity contribution in [3.63, 3.8) is 0 Å². The summed E-state index contributed by atoms with van der Waals surface area (Å²) in [5.41, 5.74) is 0. The summed E-state index contributed by atoms with van der Waals surface area (Å²) in [4.78, 5) is 14.1. The van der Waals surface area contributed by atoms with Crippen LogP contribution in [-0.2, 0) is 0 Å².